The van der Waals surface area contributed by atoms with Crippen LogP contribution in [0.4, 0.5) is 10.1 Å². The average Bonchev–Trinajstić information content (AvgIpc) is 3.06. The molecule has 6 nitrogen and oxygen atoms in total. The lowest BCUT2D eigenvalue weighted by Gasteiger charge is -2.13. The van der Waals surface area contributed by atoms with Gasteiger partial charge < -0.3 is 5.32 Å². The third-order valence-electron chi connectivity index (χ3n) is 3.59. The maximum Gasteiger partial charge on any atom is 0.251 e. The minimum Gasteiger partial charge on any atom is -0.324 e. The Kier molecular flexibility index (Phi) is 5.04. The molecule has 25 heavy (non-hydrogen) atoms. The SMILES string of the molecule is CCC(C(=O)Nc1cccc(F)c1)n1nnc(-c2ccc(Cl)cc2)n1. The first-order chi connectivity index (χ1) is 12.1. The summed E-state index contributed by atoms with van der Waals surface area (Å²) in [6.45, 7) is 1.83. The van der Waals surface area contributed by atoms with Gasteiger partial charge in [-0.15, -0.1) is 10.2 Å². The molecule has 0 aliphatic heterocycles. The van der Waals surface area contributed by atoms with E-state index in [-0.39, 0.29) is 5.91 Å². The molecule has 2 aromatic carbocycles. The zero-order valence-corrected chi connectivity index (χ0v) is 14.1. The van der Waals surface area contributed by atoms with E-state index in [0.29, 0.717) is 23.0 Å². The number of anilines is 1. The highest BCUT2D eigenvalue weighted by atomic mass is 35.5. The largest absolute Gasteiger partial charge is 0.324 e. The van der Waals surface area contributed by atoms with Crippen LogP contribution in [-0.2, 0) is 4.79 Å². The topological polar surface area (TPSA) is 72.7 Å². The van der Waals surface area contributed by atoms with Crippen LogP contribution in [0.15, 0.2) is 48.5 Å². The molecule has 1 aromatic heterocycles. The van der Waals surface area contributed by atoms with Gasteiger partial charge in [0.15, 0.2) is 6.04 Å². The van der Waals surface area contributed by atoms with Crippen LogP contribution >= 0.6 is 11.6 Å². The van der Waals surface area contributed by atoms with Crippen molar-refractivity contribution in [2.75, 3.05) is 5.32 Å². The molecule has 0 radical (unpaired) electrons. The van der Waals surface area contributed by atoms with E-state index >= 15 is 0 Å². The highest BCUT2D eigenvalue weighted by Gasteiger charge is 2.22. The number of rotatable bonds is 5. The van der Waals surface area contributed by atoms with Crippen molar-refractivity contribution in [3.8, 4) is 11.4 Å². The van der Waals surface area contributed by atoms with Gasteiger partial charge in [-0.3, -0.25) is 4.79 Å². The molecule has 3 aromatic rings. The second-order valence-corrected chi connectivity index (χ2v) is 5.80. The van der Waals surface area contributed by atoms with Crippen LogP contribution in [-0.4, -0.2) is 26.1 Å². The maximum absolute atomic E-state index is 13.2. The molecule has 1 heterocycles. The Morgan fingerprint density at radius 1 is 1.28 bits per heavy atom. The van der Waals surface area contributed by atoms with E-state index in [1.807, 2.05) is 6.92 Å². The molecular weight excluding hydrogens is 345 g/mol. The third-order valence-corrected chi connectivity index (χ3v) is 3.84. The molecule has 0 saturated carbocycles. The van der Waals surface area contributed by atoms with Crippen LogP contribution in [0.5, 0.6) is 0 Å². The Bertz CT molecular complexity index is 881. The van der Waals surface area contributed by atoms with Crippen LogP contribution in [0.3, 0.4) is 0 Å². The number of nitrogens with zero attached hydrogens (tertiary/aromatic N) is 4. The van der Waals surface area contributed by atoms with Crippen molar-refractivity contribution in [3.63, 3.8) is 0 Å². The van der Waals surface area contributed by atoms with Crippen molar-refractivity contribution in [1.82, 2.24) is 20.2 Å². The highest BCUT2D eigenvalue weighted by Crippen LogP contribution is 2.19. The van der Waals surface area contributed by atoms with Crippen LogP contribution in [0, 0.1) is 5.82 Å². The minimum atomic E-state index is -0.656. The van der Waals surface area contributed by atoms with E-state index < -0.39 is 11.9 Å². The van der Waals surface area contributed by atoms with Gasteiger partial charge in [-0.25, -0.2) is 4.39 Å². The van der Waals surface area contributed by atoms with Crippen molar-refractivity contribution >= 4 is 23.2 Å². The lowest BCUT2D eigenvalue weighted by molar-refractivity contribution is -0.119. The van der Waals surface area contributed by atoms with E-state index in [0.717, 1.165) is 5.56 Å². The molecule has 1 N–H and O–H groups in total. The summed E-state index contributed by atoms with van der Waals surface area (Å²) in [4.78, 5) is 13.7. The van der Waals surface area contributed by atoms with Crippen molar-refractivity contribution in [2.24, 2.45) is 0 Å². The van der Waals surface area contributed by atoms with E-state index in [9.17, 15) is 9.18 Å². The normalized spacial score (nSPS) is 12.0. The number of benzene rings is 2. The molecule has 1 amide bonds. The van der Waals surface area contributed by atoms with Gasteiger partial charge >= 0.3 is 0 Å². The van der Waals surface area contributed by atoms with Crippen LogP contribution in [0.1, 0.15) is 19.4 Å². The fraction of sp³-hybridized carbons (Fsp3) is 0.176. The Morgan fingerprint density at radius 2 is 2.04 bits per heavy atom. The van der Waals surface area contributed by atoms with Crippen LogP contribution in [0.2, 0.25) is 5.02 Å². The molecule has 0 spiro atoms. The number of tetrazole rings is 1. The zero-order valence-electron chi connectivity index (χ0n) is 13.4. The van der Waals surface area contributed by atoms with E-state index in [4.69, 9.17) is 11.6 Å². The fourth-order valence-corrected chi connectivity index (χ4v) is 2.44. The van der Waals surface area contributed by atoms with Crippen molar-refractivity contribution in [2.45, 2.75) is 19.4 Å². The standard InChI is InChI=1S/C17H15ClFN5O/c1-2-15(17(25)20-14-5-3-4-13(19)10-14)24-22-16(21-23-24)11-6-8-12(18)9-7-11/h3-10,15H,2H2,1H3,(H,20,25). The Hall–Kier alpha value is -2.80. The van der Waals surface area contributed by atoms with Gasteiger partial charge in [0.2, 0.25) is 5.82 Å². The highest BCUT2D eigenvalue weighted by molar-refractivity contribution is 6.30. The first-order valence-electron chi connectivity index (χ1n) is 7.68. The molecular formula is C17H15ClFN5O. The molecule has 1 unspecified atom stereocenters. The smallest absolute Gasteiger partial charge is 0.251 e. The van der Waals surface area contributed by atoms with Gasteiger partial charge in [-0.05, 0) is 54.1 Å². The lowest BCUT2D eigenvalue weighted by Crippen LogP contribution is -2.27. The number of hydrogen-bond acceptors (Lipinski definition) is 4. The number of aromatic nitrogens is 4. The van der Waals surface area contributed by atoms with Gasteiger partial charge in [0, 0.05) is 16.3 Å². The van der Waals surface area contributed by atoms with Gasteiger partial charge in [-0.2, -0.15) is 4.80 Å². The van der Waals surface area contributed by atoms with E-state index in [2.05, 4.69) is 20.7 Å². The molecule has 1 atom stereocenters. The number of halogens is 2. The fourth-order valence-electron chi connectivity index (χ4n) is 2.32. The summed E-state index contributed by atoms with van der Waals surface area (Å²) in [5.74, 6) is -0.364. The number of carbonyl (C=O) groups is 1. The molecule has 8 heteroatoms. The molecule has 0 saturated heterocycles. The molecule has 0 aliphatic rings. The van der Waals surface area contributed by atoms with E-state index in [1.54, 1.807) is 30.3 Å². The first-order valence-corrected chi connectivity index (χ1v) is 8.06. The second-order valence-electron chi connectivity index (χ2n) is 5.36. The Balaban J connectivity index is 1.79. The summed E-state index contributed by atoms with van der Waals surface area (Å²) >= 11 is 5.87. The third kappa shape index (κ3) is 4.00. The Morgan fingerprint density at radius 3 is 2.72 bits per heavy atom. The van der Waals surface area contributed by atoms with E-state index in [1.165, 1.54) is 23.0 Å². The summed E-state index contributed by atoms with van der Waals surface area (Å²) in [5, 5.41) is 15.5. The molecule has 0 fully saturated rings. The van der Waals surface area contributed by atoms with Gasteiger partial charge in [0.25, 0.3) is 5.91 Å². The number of hydrogen-bond donors (Lipinski definition) is 1. The second kappa shape index (κ2) is 7.40. The summed E-state index contributed by atoms with van der Waals surface area (Å²) in [6.07, 6.45) is 0.456. The first kappa shape index (κ1) is 17.0. The molecule has 0 bridgehead atoms. The van der Waals surface area contributed by atoms with Gasteiger partial charge in [0.1, 0.15) is 5.82 Å². The summed E-state index contributed by atoms with van der Waals surface area (Å²) in [7, 11) is 0. The summed E-state index contributed by atoms with van der Waals surface area (Å²) in [5.41, 5.74) is 1.12. The lowest BCUT2D eigenvalue weighted by atomic mass is 10.2. The quantitative estimate of drug-likeness (QED) is 0.753. The Labute approximate surface area is 148 Å². The molecule has 128 valence electrons. The predicted octanol–water partition coefficient (Wildman–Crippen LogP) is 3.72. The van der Waals surface area contributed by atoms with Gasteiger partial charge in [-0.1, -0.05) is 24.6 Å². The number of nitrogens with one attached hydrogen (secondary N) is 1. The molecule has 3 rings (SSSR count). The summed E-state index contributed by atoms with van der Waals surface area (Å²) < 4.78 is 13.2. The van der Waals surface area contributed by atoms with Crippen molar-refractivity contribution in [1.29, 1.82) is 0 Å². The average molecular weight is 360 g/mol. The van der Waals surface area contributed by atoms with Gasteiger partial charge in [0.05, 0.1) is 0 Å². The minimum absolute atomic E-state index is 0.340. The van der Waals surface area contributed by atoms with Crippen molar-refractivity contribution < 1.29 is 9.18 Å². The molecule has 0 aliphatic carbocycles. The van der Waals surface area contributed by atoms with Crippen molar-refractivity contribution in [3.05, 3.63) is 59.4 Å². The number of amides is 1. The maximum atomic E-state index is 13.2. The van der Waals surface area contributed by atoms with Crippen LogP contribution < -0.4 is 5.32 Å². The zero-order chi connectivity index (χ0) is 17.8. The van der Waals surface area contributed by atoms with Crippen LogP contribution in [0.25, 0.3) is 11.4 Å². The predicted molar refractivity (Wildman–Crippen MR) is 92.6 cm³/mol. The summed E-state index contributed by atoms with van der Waals surface area (Å²) in [6, 6.07) is 12.0. The number of carbonyl (C=O) groups excluding carboxylic acids is 1. The monoisotopic (exact) mass is 359 g/mol.